The second-order valence-electron chi connectivity index (χ2n) is 3.26. The molecule has 0 bridgehead atoms. The van der Waals surface area contributed by atoms with E-state index in [0.29, 0.717) is 0 Å². The third-order valence-electron chi connectivity index (χ3n) is 1.77. The van der Waals surface area contributed by atoms with E-state index >= 15 is 0 Å². The molecule has 0 radical (unpaired) electrons. The summed E-state index contributed by atoms with van der Waals surface area (Å²) < 4.78 is 0. The first-order valence-corrected chi connectivity index (χ1v) is 7.49. The zero-order valence-electron chi connectivity index (χ0n) is 9.81. The average molecular weight is 330 g/mol. The third-order valence-corrected chi connectivity index (χ3v) is 3.80. The molecule has 94 valence electrons. The number of carbonyl (C=O) groups is 2. The van der Waals surface area contributed by atoms with Gasteiger partial charge in [-0.1, -0.05) is 12.8 Å². The normalized spacial score (nSPS) is 9.65. The van der Waals surface area contributed by atoms with Gasteiger partial charge >= 0.3 is 19.5 Å². The van der Waals surface area contributed by atoms with Crippen LogP contribution in [0.3, 0.4) is 0 Å². The van der Waals surface area contributed by atoms with E-state index in [1.807, 2.05) is 0 Å². The standard InChI is InChI=1S/C10H18O4S2.Zn/c11-9(12)7-15-5-3-1-2-4-6-16-8-10(13)14;/h1-8H2,(H,11,12)(H,13,14);/q;+2/p-2. The molecule has 0 aromatic rings. The predicted molar refractivity (Wildman–Crippen MR) is 63.1 cm³/mol. The van der Waals surface area contributed by atoms with Gasteiger partial charge in [0, 0.05) is 11.5 Å². The maximum absolute atomic E-state index is 10.1. The van der Waals surface area contributed by atoms with Gasteiger partial charge in [-0.15, -0.1) is 0 Å². The number of carbonyl (C=O) groups excluding carboxylic acids is 2. The Morgan fingerprint density at radius 2 is 1.12 bits per heavy atom. The van der Waals surface area contributed by atoms with E-state index in [4.69, 9.17) is 0 Å². The molecule has 0 aliphatic carbocycles. The Labute approximate surface area is 123 Å². The van der Waals surface area contributed by atoms with Crippen LogP contribution in [0.5, 0.6) is 0 Å². The quantitative estimate of drug-likeness (QED) is 0.376. The summed E-state index contributed by atoms with van der Waals surface area (Å²) in [5.74, 6) is -0.184. The van der Waals surface area contributed by atoms with E-state index in [0.717, 1.165) is 37.2 Å². The molecule has 0 spiro atoms. The summed E-state index contributed by atoms with van der Waals surface area (Å²) in [5, 5.41) is 20.1. The molecule has 0 aromatic carbocycles. The van der Waals surface area contributed by atoms with E-state index in [2.05, 4.69) is 0 Å². The molecule has 0 fully saturated rings. The van der Waals surface area contributed by atoms with Crippen LogP contribution in [0.2, 0.25) is 0 Å². The van der Waals surface area contributed by atoms with Crippen molar-refractivity contribution in [3.05, 3.63) is 0 Å². The van der Waals surface area contributed by atoms with E-state index in [-0.39, 0.29) is 31.0 Å². The SMILES string of the molecule is O=C([O-])CSCCCCCCSCC(=O)[O-].[Zn+2]. The molecule has 0 saturated carbocycles. The fraction of sp³-hybridized carbons (Fsp3) is 0.800. The van der Waals surface area contributed by atoms with Crippen molar-refractivity contribution in [2.24, 2.45) is 0 Å². The third kappa shape index (κ3) is 18.8. The molecule has 0 saturated heterocycles. The minimum absolute atomic E-state index is 0. The van der Waals surface area contributed by atoms with Gasteiger partial charge in [0.15, 0.2) is 0 Å². The van der Waals surface area contributed by atoms with Crippen molar-refractivity contribution in [2.75, 3.05) is 23.0 Å². The number of hydrogen-bond acceptors (Lipinski definition) is 6. The van der Waals surface area contributed by atoms with Gasteiger partial charge in [0.2, 0.25) is 0 Å². The van der Waals surface area contributed by atoms with Gasteiger partial charge in [-0.2, -0.15) is 23.5 Å². The van der Waals surface area contributed by atoms with E-state index in [1.54, 1.807) is 0 Å². The van der Waals surface area contributed by atoms with Gasteiger partial charge in [0.1, 0.15) is 0 Å². The predicted octanol–water partition coefficient (Wildman–Crippen LogP) is -0.489. The zero-order valence-corrected chi connectivity index (χ0v) is 14.4. The summed E-state index contributed by atoms with van der Waals surface area (Å²) in [7, 11) is 0. The summed E-state index contributed by atoms with van der Waals surface area (Å²) >= 11 is 2.76. The van der Waals surface area contributed by atoms with Crippen molar-refractivity contribution in [1.29, 1.82) is 0 Å². The summed E-state index contributed by atoms with van der Waals surface area (Å²) in [6.45, 7) is 0. The van der Waals surface area contributed by atoms with Crippen molar-refractivity contribution < 1.29 is 39.3 Å². The fourth-order valence-corrected chi connectivity index (χ4v) is 2.51. The number of thioether (sulfide) groups is 2. The molecule has 0 atom stereocenters. The molecule has 17 heavy (non-hydrogen) atoms. The minimum atomic E-state index is -1.01. The second kappa shape index (κ2) is 14.3. The molecule has 4 nitrogen and oxygen atoms in total. The number of rotatable bonds is 11. The Hall–Kier alpha value is 0.263. The first-order chi connectivity index (χ1) is 7.63. The maximum atomic E-state index is 10.1. The Morgan fingerprint density at radius 1 is 0.765 bits per heavy atom. The number of carboxylic acid groups (broad SMARTS) is 2. The Kier molecular flexibility index (Phi) is 16.5. The monoisotopic (exact) mass is 328 g/mol. The summed E-state index contributed by atoms with van der Waals surface area (Å²) in [4.78, 5) is 20.1. The molecule has 0 aromatic heterocycles. The van der Waals surface area contributed by atoms with E-state index in [1.165, 1.54) is 23.5 Å². The van der Waals surface area contributed by atoms with Crippen LogP contribution in [-0.2, 0) is 29.1 Å². The summed E-state index contributed by atoms with van der Waals surface area (Å²) in [6, 6.07) is 0. The molecule has 0 unspecified atom stereocenters. The van der Waals surface area contributed by atoms with Gasteiger partial charge < -0.3 is 19.8 Å². The number of carboxylic acids is 2. The summed E-state index contributed by atoms with van der Waals surface area (Å²) in [6.07, 6.45) is 4.13. The number of unbranched alkanes of at least 4 members (excludes halogenated alkanes) is 3. The van der Waals surface area contributed by atoms with Gasteiger partial charge in [-0.25, -0.2) is 0 Å². The van der Waals surface area contributed by atoms with Crippen LogP contribution in [0.4, 0.5) is 0 Å². The fourth-order valence-electron chi connectivity index (χ4n) is 1.07. The first-order valence-electron chi connectivity index (χ1n) is 5.18. The zero-order chi connectivity index (χ0) is 12.2. The van der Waals surface area contributed by atoms with Crippen LogP contribution < -0.4 is 10.2 Å². The first kappa shape index (κ1) is 19.6. The molecule has 0 amide bonds. The summed E-state index contributed by atoms with van der Waals surface area (Å²) in [5.41, 5.74) is 0. The molecule has 0 aliphatic heterocycles. The van der Waals surface area contributed by atoms with Gasteiger partial charge in [-0.3, -0.25) is 0 Å². The molecule has 0 rings (SSSR count). The van der Waals surface area contributed by atoms with Crippen molar-refractivity contribution in [3.63, 3.8) is 0 Å². The maximum Gasteiger partial charge on any atom is 2.00 e. The van der Waals surface area contributed by atoms with E-state index < -0.39 is 11.9 Å². The Bertz CT molecular complexity index is 192. The molecule has 7 heteroatoms. The van der Waals surface area contributed by atoms with Crippen molar-refractivity contribution in [1.82, 2.24) is 0 Å². The van der Waals surface area contributed by atoms with Gasteiger partial charge in [0.25, 0.3) is 0 Å². The molecular weight excluding hydrogens is 314 g/mol. The Morgan fingerprint density at radius 3 is 1.41 bits per heavy atom. The molecule has 0 heterocycles. The van der Waals surface area contributed by atoms with Crippen LogP contribution in [0.25, 0.3) is 0 Å². The molecule has 0 N–H and O–H groups in total. The molecular formula is C10H16O4S2Zn. The smallest absolute Gasteiger partial charge is 0.549 e. The van der Waals surface area contributed by atoms with Crippen LogP contribution >= 0.6 is 23.5 Å². The molecule has 0 aliphatic rings. The average Bonchev–Trinajstić information content (AvgIpc) is 2.20. The Balaban J connectivity index is 0. The second-order valence-corrected chi connectivity index (χ2v) is 5.47. The minimum Gasteiger partial charge on any atom is -0.549 e. The number of aliphatic carboxylic acids is 2. The largest absolute Gasteiger partial charge is 2.00 e. The van der Waals surface area contributed by atoms with Gasteiger partial charge in [0.05, 0.1) is 11.9 Å². The van der Waals surface area contributed by atoms with Crippen molar-refractivity contribution in [3.8, 4) is 0 Å². The van der Waals surface area contributed by atoms with Crippen LogP contribution in [0.1, 0.15) is 25.7 Å². The van der Waals surface area contributed by atoms with Crippen LogP contribution in [-0.4, -0.2) is 35.0 Å². The topological polar surface area (TPSA) is 80.3 Å². The van der Waals surface area contributed by atoms with Crippen molar-refractivity contribution >= 4 is 35.5 Å². The van der Waals surface area contributed by atoms with E-state index in [9.17, 15) is 19.8 Å². The number of hydrogen-bond donors (Lipinski definition) is 0. The van der Waals surface area contributed by atoms with Crippen molar-refractivity contribution in [2.45, 2.75) is 25.7 Å². The van der Waals surface area contributed by atoms with Crippen LogP contribution in [0, 0.1) is 0 Å². The van der Waals surface area contributed by atoms with Gasteiger partial charge in [-0.05, 0) is 24.3 Å². The van der Waals surface area contributed by atoms with Crippen LogP contribution in [0.15, 0.2) is 0 Å².